The van der Waals surface area contributed by atoms with Crippen LogP contribution in [0.1, 0.15) is 43.8 Å². The number of ether oxygens (including phenoxy) is 1. The lowest BCUT2D eigenvalue weighted by atomic mass is 9.97. The molecular formula is C26H27F2N4O6P. The van der Waals surface area contributed by atoms with E-state index >= 15 is 0 Å². The van der Waals surface area contributed by atoms with E-state index in [1.807, 2.05) is 0 Å². The Balaban J connectivity index is 1.83. The standard InChI is InChI=1S/C26H27F2N4O6P/c1-30-24-12-19(22(27)11-20(24)14-33)6-2-5-18-10-17(4-3-7-25(29)32-9-8-31-15-32)21(13-23(18)28)26(34)37-16-38-39(35)36/h3-4,7-15,30,35-36H,2,5-6,16,29H2,1H3/b4-3+,25-7+. The smallest absolute Gasteiger partial charge is 0.340 e. The Morgan fingerprint density at radius 2 is 1.87 bits per heavy atom. The summed E-state index contributed by atoms with van der Waals surface area (Å²) in [6.45, 7) is -0.736. The molecule has 39 heavy (non-hydrogen) atoms. The minimum absolute atomic E-state index is 0.125. The third-order valence-corrected chi connectivity index (χ3v) is 5.99. The van der Waals surface area contributed by atoms with Gasteiger partial charge in [-0.3, -0.25) is 13.9 Å². The van der Waals surface area contributed by atoms with E-state index in [2.05, 4.69) is 14.8 Å². The van der Waals surface area contributed by atoms with Crippen molar-refractivity contribution in [1.82, 2.24) is 9.55 Å². The van der Waals surface area contributed by atoms with E-state index in [-0.39, 0.29) is 29.5 Å². The summed E-state index contributed by atoms with van der Waals surface area (Å²) < 4.78 is 40.3. The van der Waals surface area contributed by atoms with Gasteiger partial charge in [0, 0.05) is 30.7 Å². The number of carbonyl (C=O) groups is 2. The highest BCUT2D eigenvalue weighted by molar-refractivity contribution is 7.39. The lowest BCUT2D eigenvalue weighted by Crippen LogP contribution is -2.11. The average molecular weight is 560 g/mol. The number of esters is 1. The van der Waals surface area contributed by atoms with Crippen molar-refractivity contribution in [2.24, 2.45) is 5.73 Å². The van der Waals surface area contributed by atoms with Crippen LogP contribution in [0.5, 0.6) is 0 Å². The number of aldehydes is 1. The molecule has 5 N–H and O–H groups in total. The first kappa shape index (κ1) is 29.6. The summed E-state index contributed by atoms with van der Waals surface area (Å²) >= 11 is 0. The second-order valence-corrected chi connectivity index (χ2v) is 8.90. The van der Waals surface area contributed by atoms with Gasteiger partial charge in [0.2, 0.25) is 6.79 Å². The number of imidazole rings is 1. The van der Waals surface area contributed by atoms with Crippen LogP contribution < -0.4 is 11.1 Å². The van der Waals surface area contributed by atoms with Crippen LogP contribution in [0.2, 0.25) is 0 Å². The number of nitrogens with zero attached hydrogens (tertiary/aromatic N) is 2. The Hall–Kier alpha value is -3.96. The zero-order chi connectivity index (χ0) is 28.4. The van der Waals surface area contributed by atoms with Crippen LogP contribution in [0.4, 0.5) is 14.5 Å². The zero-order valence-corrected chi connectivity index (χ0v) is 21.8. The molecule has 2 aromatic carbocycles. The fourth-order valence-electron chi connectivity index (χ4n) is 3.70. The number of carbonyl (C=O) groups excluding carboxylic acids is 2. The van der Waals surface area contributed by atoms with E-state index in [4.69, 9.17) is 20.3 Å². The summed E-state index contributed by atoms with van der Waals surface area (Å²) in [4.78, 5) is 45.2. The highest BCUT2D eigenvalue weighted by atomic mass is 31.2. The number of allylic oxidation sites excluding steroid dienone is 2. The number of nitrogens with two attached hydrogens (primary N) is 1. The third-order valence-electron chi connectivity index (χ3n) is 5.65. The largest absolute Gasteiger partial charge is 0.434 e. The summed E-state index contributed by atoms with van der Waals surface area (Å²) in [7, 11) is -1.11. The number of hydrogen-bond acceptors (Lipinski definition) is 9. The fraction of sp³-hybridized carbons (Fsp3) is 0.192. The highest BCUT2D eigenvalue weighted by Gasteiger charge is 2.17. The van der Waals surface area contributed by atoms with Gasteiger partial charge in [-0.15, -0.1) is 0 Å². The molecule has 13 heteroatoms. The lowest BCUT2D eigenvalue weighted by Gasteiger charge is -2.12. The molecular weight excluding hydrogens is 533 g/mol. The van der Waals surface area contributed by atoms with Crippen LogP contribution in [-0.2, 0) is 22.1 Å². The Morgan fingerprint density at radius 3 is 2.51 bits per heavy atom. The molecule has 1 aromatic heterocycles. The molecule has 0 saturated heterocycles. The van der Waals surface area contributed by atoms with Crippen LogP contribution >= 0.6 is 8.60 Å². The van der Waals surface area contributed by atoms with E-state index < -0.39 is 33.0 Å². The van der Waals surface area contributed by atoms with Crippen molar-refractivity contribution < 1.29 is 37.4 Å². The van der Waals surface area contributed by atoms with Crippen molar-refractivity contribution in [1.29, 1.82) is 0 Å². The Bertz CT molecular complexity index is 1360. The summed E-state index contributed by atoms with van der Waals surface area (Å²) in [5, 5.41) is 2.85. The van der Waals surface area contributed by atoms with Gasteiger partial charge in [0.1, 0.15) is 23.8 Å². The van der Waals surface area contributed by atoms with Crippen molar-refractivity contribution in [3.63, 3.8) is 0 Å². The molecule has 206 valence electrons. The fourth-order valence-corrected chi connectivity index (χ4v) is 3.85. The molecule has 3 rings (SSSR count). The van der Waals surface area contributed by atoms with Gasteiger partial charge in [-0.2, -0.15) is 0 Å². The molecule has 0 aliphatic rings. The van der Waals surface area contributed by atoms with Crippen molar-refractivity contribution in [3.05, 3.63) is 94.6 Å². The third kappa shape index (κ3) is 8.26. The van der Waals surface area contributed by atoms with E-state index in [9.17, 15) is 18.4 Å². The topological polar surface area (TPSA) is 149 Å². The second-order valence-electron chi connectivity index (χ2n) is 8.14. The summed E-state index contributed by atoms with van der Waals surface area (Å²) in [5.41, 5.74) is 7.51. The molecule has 0 fully saturated rings. The quantitative estimate of drug-likeness (QED) is 0.0800. The van der Waals surface area contributed by atoms with E-state index in [0.717, 1.165) is 12.1 Å². The molecule has 0 saturated carbocycles. The first-order valence-electron chi connectivity index (χ1n) is 11.6. The molecule has 0 spiro atoms. The summed E-state index contributed by atoms with van der Waals surface area (Å²) in [5.74, 6) is -1.81. The lowest BCUT2D eigenvalue weighted by molar-refractivity contribution is 0.0122. The van der Waals surface area contributed by atoms with Gasteiger partial charge < -0.3 is 25.6 Å². The number of rotatable bonds is 13. The number of halogens is 2. The van der Waals surface area contributed by atoms with Crippen molar-refractivity contribution >= 4 is 38.4 Å². The van der Waals surface area contributed by atoms with Crippen LogP contribution in [0.25, 0.3) is 11.9 Å². The monoisotopic (exact) mass is 560 g/mol. The molecule has 0 radical (unpaired) electrons. The maximum absolute atomic E-state index is 15.0. The maximum Gasteiger partial charge on any atom is 0.340 e. The molecule has 0 unspecified atom stereocenters. The van der Waals surface area contributed by atoms with E-state index in [0.29, 0.717) is 35.3 Å². The average Bonchev–Trinajstić information content (AvgIpc) is 3.45. The van der Waals surface area contributed by atoms with Gasteiger partial charge in [0.25, 0.3) is 0 Å². The van der Waals surface area contributed by atoms with Crippen LogP contribution in [0, 0.1) is 11.6 Å². The molecule has 1 heterocycles. The first-order chi connectivity index (χ1) is 18.7. The maximum atomic E-state index is 15.0. The summed E-state index contributed by atoms with van der Waals surface area (Å²) in [6.07, 6.45) is 10.8. The van der Waals surface area contributed by atoms with Crippen molar-refractivity contribution in [3.8, 4) is 0 Å². The number of aryl methyl sites for hydroxylation is 2. The number of nitrogens with one attached hydrogen (secondary N) is 1. The number of anilines is 1. The Kier molecular flexibility index (Phi) is 10.8. The van der Waals surface area contributed by atoms with Crippen LogP contribution in [-0.4, -0.2) is 45.4 Å². The Morgan fingerprint density at radius 1 is 1.15 bits per heavy atom. The van der Waals surface area contributed by atoms with Gasteiger partial charge in [-0.1, -0.05) is 12.2 Å². The molecule has 0 atom stereocenters. The van der Waals surface area contributed by atoms with Gasteiger partial charge in [0.05, 0.1) is 5.56 Å². The number of hydrogen-bond donors (Lipinski definition) is 4. The van der Waals surface area contributed by atoms with E-state index in [1.165, 1.54) is 18.5 Å². The van der Waals surface area contributed by atoms with Gasteiger partial charge in [-0.05, 0) is 66.3 Å². The van der Waals surface area contributed by atoms with Crippen molar-refractivity contribution in [2.75, 3.05) is 19.2 Å². The minimum atomic E-state index is -2.73. The van der Waals surface area contributed by atoms with Crippen LogP contribution in [0.15, 0.2) is 55.1 Å². The minimum Gasteiger partial charge on any atom is -0.434 e. The number of aromatic nitrogens is 2. The predicted octanol–water partition coefficient (Wildman–Crippen LogP) is 4.00. The van der Waals surface area contributed by atoms with Gasteiger partial charge in [0.15, 0.2) is 6.29 Å². The first-order valence-corrected chi connectivity index (χ1v) is 12.8. The molecule has 0 bridgehead atoms. The molecule has 10 nitrogen and oxygen atoms in total. The predicted molar refractivity (Wildman–Crippen MR) is 142 cm³/mol. The van der Waals surface area contributed by atoms with Gasteiger partial charge >= 0.3 is 14.6 Å². The molecule has 0 amide bonds. The SMILES string of the molecule is CNc1cc(CCCc2cc(/C=C/C=C(\N)n3ccnc3)c(C(=O)OCOP(O)O)cc2F)c(F)cc1C=O. The van der Waals surface area contributed by atoms with Crippen LogP contribution in [0.3, 0.4) is 0 Å². The van der Waals surface area contributed by atoms with Crippen molar-refractivity contribution in [2.45, 2.75) is 19.3 Å². The molecule has 0 aliphatic carbocycles. The van der Waals surface area contributed by atoms with E-state index in [1.54, 1.807) is 42.2 Å². The highest BCUT2D eigenvalue weighted by Crippen LogP contribution is 2.26. The van der Waals surface area contributed by atoms with Gasteiger partial charge in [-0.25, -0.2) is 18.6 Å². The zero-order valence-electron chi connectivity index (χ0n) is 20.9. The second kappa shape index (κ2) is 14.3. The normalized spacial score (nSPS) is 11.8. The Labute approximate surface area is 224 Å². The molecule has 3 aromatic rings. The number of benzene rings is 2. The molecule has 0 aliphatic heterocycles. The summed E-state index contributed by atoms with van der Waals surface area (Å²) in [6, 6.07) is 5.19.